The van der Waals surface area contributed by atoms with Crippen LogP contribution in [0.1, 0.15) is 77.6 Å². The van der Waals surface area contributed by atoms with Crippen molar-refractivity contribution in [1.29, 1.82) is 0 Å². The van der Waals surface area contributed by atoms with Gasteiger partial charge >= 0.3 is 11.9 Å². The third-order valence-corrected chi connectivity index (χ3v) is 5.47. The first-order chi connectivity index (χ1) is 11.0. The second kappa shape index (κ2) is 10.8. The van der Waals surface area contributed by atoms with Crippen molar-refractivity contribution >= 4 is 22.1 Å². The molecule has 0 saturated carbocycles. The van der Waals surface area contributed by atoms with Gasteiger partial charge in [-0.2, -0.15) is 8.42 Å². The summed E-state index contributed by atoms with van der Waals surface area (Å²) >= 11 is 0. The van der Waals surface area contributed by atoms with Crippen LogP contribution in [0.5, 0.6) is 0 Å². The molecule has 0 aromatic rings. The molecule has 0 spiro atoms. The van der Waals surface area contributed by atoms with Crippen LogP contribution in [-0.4, -0.2) is 32.2 Å². The van der Waals surface area contributed by atoms with E-state index in [1.54, 1.807) is 0 Å². The van der Waals surface area contributed by atoms with Crippen molar-refractivity contribution in [2.45, 2.75) is 82.8 Å². The largest absolute Gasteiger partial charge is 0.392 e. The van der Waals surface area contributed by atoms with Gasteiger partial charge in [0.05, 0.1) is 13.0 Å². The normalized spacial score (nSPS) is 18.4. The molecule has 1 aliphatic rings. The van der Waals surface area contributed by atoms with E-state index in [0.29, 0.717) is 6.42 Å². The van der Waals surface area contributed by atoms with Gasteiger partial charge in [0.1, 0.15) is 0 Å². The van der Waals surface area contributed by atoms with E-state index in [1.807, 2.05) is 0 Å². The van der Waals surface area contributed by atoms with Gasteiger partial charge in [-0.15, -0.1) is 0 Å². The molecule has 0 aromatic carbocycles. The Balaban J connectivity index is 2.02. The highest BCUT2D eigenvalue weighted by Crippen LogP contribution is 2.19. The molecule has 1 saturated heterocycles. The molecule has 1 aliphatic heterocycles. The topological polar surface area (TPSA) is 86.7 Å². The molecular formula is C16H28O6S. The lowest BCUT2D eigenvalue weighted by molar-refractivity contribution is -0.151. The van der Waals surface area contributed by atoms with Crippen molar-refractivity contribution in [3.8, 4) is 0 Å². The summed E-state index contributed by atoms with van der Waals surface area (Å²) in [7, 11) is -4.05. The monoisotopic (exact) mass is 348 g/mol. The summed E-state index contributed by atoms with van der Waals surface area (Å²) in [6.07, 6.45) is 11.0. The molecule has 0 bridgehead atoms. The van der Waals surface area contributed by atoms with E-state index >= 15 is 0 Å². The lowest BCUT2D eigenvalue weighted by Crippen LogP contribution is -2.28. The summed E-state index contributed by atoms with van der Waals surface area (Å²) < 4.78 is 32.6. The minimum atomic E-state index is -4.05. The molecule has 1 unspecified atom stereocenters. The average Bonchev–Trinajstić information content (AvgIpc) is 2.84. The van der Waals surface area contributed by atoms with E-state index in [0.717, 1.165) is 19.3 Å². The van der Waals surface area contributed by atoms with Crippen molar-refractivity contribution in [1.82, 2.24) is 0 Å². The van der Waals surface area contributed by atoms with Crippen LogP contribution in [0.2, 0.25) is 0 Å². The first-order valence-corrected chi connectivity index (χ1v) is 10.1. The Morgan fingerprint density at radius 3 is 1.96 bits per heavy atom. The Hall–Kier alpha value is -0.950. The van der Waals surface area contributed by atoms with Crippen LogP contribution in [0.3, 0.4) is 0 Å². The molecule has 7 heteroatoms. The smallest absolute Gasteiger partial charge is 0.335 e. The molecule has 1 heterocycles. The fourth-order valence-electron chi connectivity index (χ4n) is 2.52. The van der Waals surface area contributed by atoms with E-state index < -0.39 is 33.7 Å². The number of unbranched alkanes of at least 4 members (excludes halogenated alkanes) is 9. The molecule has 0 amide bonds. The average molecular weight is 348 g/mol. The molecular weight excluding hydrogens is 320 g/mol. The minimum absolute atomic E-state index is 0.0524. The maximum atomic E-state index is 11.8. The summed E-state index contributed by atoms with van der Waals surface area (Å²) in [5, 5.41) is -1.49. The van der Waals surface area contributed by atoms with Crippen molar-refractivity contribution in [3.63, 3.8) is 0 Å². The van der Waals surface area contributed by atoms with Gasteiger partial charge in [-0.05, 0) is 6.42 Å². The fourth-order valence-corrected chi connectivity index (χ4v) is 3.66. The van der Waals surface area contributed by atoms with Crippen LogP contribution in [0.4, 0.5) is 0 Å². The van der Waals surface area contributed by atoms with Crippen molar-refractivity contribution in [3.05, 3.63) is 0 Å². The van der Waals surface area contributed by atoms with Gasteiger partial charge in [-0.25, -0.2) is 0 Å². The molecule has 0 radical (unpaired) electrons. The summed E-state index contributed by atoms with van der Waals surface area (Å²) in [4.78, 5) is 22.1. The molecule has 0 aromatic heterocycles. The number of esters is 2. The lowest BCUT2D eigenvalue weighted by atomic mass is 10.1. The van der Waals surface area contributed by atoms with Crippen molar-refractivity contribution in [2.24, 2.45) is 0 Å². The van der Waals surface area contributed by atoms with Gasteiger partial charge in [0, 0.05) is 0 Å². The lowest BCUT2D eigenvalue weighted by Gasteiger charge is -2.08. The van der Waals surface area contributed by atoms with Gasteiger partial charge in [-0.1, -0.05) is 64.7 Å². The fraction of sp³-hybridized carbons (Fsp3) is 0.875. The summed E-state index contributed by atoms with van der Waals surface area (Å²) in [5.41, 5.74) is 0. The van der Waals surface area contributed by atoms with E-state index in [2.05, 4.69) is 11.7 Å². The summed E-state index contributed by atoms with van der Waals surface area (Å²) in [6.45, 7) is 2.26. The number of hydrogen-bond donors (Lipinski definition) is 0. The highest BCUT2D eigenvalue weighted by Gasteiger charge is 2.44. The first kappa shape index (κ1) is 20.1. The van der Waals surface area contributed by atoms with Gasteiger partial charge in [0.15, 0.2) is 5.25 Å². The maximum absolute atomic E-state index is 11.8. The Labute approximate surface area is 139 Å². The molecule has 1 rings (SSSR count). The van der Waals surface area contributed by atoms with Crippen molar-refractivity contribution < 1.29 is 26.9 Å². The second-order valence-corrected chi connectivity index (χ2v) is 7.77. The van der Waals surface area contributed by atoms with Gasteiger partial charge < -0.3 is 4.74 Å². The van der Waals surface area contributed by atoms with Crippen LogP contribution >= 0.6 is 0 Å². The third-order valence-electron chi connectivity index (χ3n) is 3.92. The molecule has 1 atom stereocenters. The number of carbonyl (C=O) groups excluding carboxylic acids is 2. The summed E-state index contributed by atoms with van der Waals surface area (Å²) in [6, 6.07) is 0. The molecule has 6 nitrogen and oxygen atoms in total. The zero-order chi connectivity index (χ0) is 17.1. The van der Waals surface area contributed by atoms with E-state index in [1.165, 1.54) is 38.5 Å². The second-order valence-electron chi connectivity index (χ2n) is 5.98. The molecule has 134 valence electrons. The Kier molecular flexibility index (Phi) is 9.40. The van der Waals surface area contributed by atoms with E-state index in [-0.39, 0.29) is 6.61 Å². The third kappa shape index (κ3) is 7.92. The molecule has 1 fully saturated rings. The Bertz CT molecular complexity index is 471. The number of rotatable bonds is 13. The van der Waals surface area contributed by atoms with Crippen molar-refractivity contribution in [2.75, 3.05) is 6.61 Å². The van der Waals surface area contributed by atoms with E-state index in [9.17, 15) is 18.0 Å². The van der Waals surface area contributed by atoms with Crippen LogP contribution in [0, 0.1) is 0 Å². The van der Waals surface area contributed by atoms with Gasteiger partial charge in [0.25, 0.3) is 10.1 Å². The van der Waals surface area contributed by atoms with Crippen LogP contribution < -0.4 is 0 Å². The highest BCUT2D eigenvalue weighted by molar-refractivity contribution is 7.88. The predicted octanol–water partition coefficient (Wildman–Crippen LogP) is 3.10. The number of ether oxygens (including phenoxy) is 1. The van der Waals surface area contributed by atoms with Gasteiger partial charge in [0.2, 0.25) is 0 Å². The first-order valence-electron chi connectivity index (χ1n) is 8.60. The molecule has 0 aliphatic carbocycles. The van der Waals surface area contributed by atoms with E-state index in [4.69, 9.17) is 4.18 Å². The Morgan fingerprint density at radius 1 is 0.957 bits per heavy atom. The predicted molar refractivity (Wildman–Crippen MR) is 86.2 cm³/mol. The SMILES string of the molecule is CCCCCCCCCCCCOS(=O)(=O)C1CC(=O)OC1=O. The summed E-state index contributed by atoms with van der Waals surface area (Å²) in [5.74, 6) is -1.84. The number of hydrogen-bond acceptors (Lipinski definition) is 6. The molecule has 0 N–H and O–H groups in total. The highest BCUT2D eigenvalue weighted by atomic mass is 32.2. The minimum Gasteiger partial charge on any atom is -0.392 e. The number of carbonyl (C=O) groups is 2. The van der Waals surface area contributed by atoms with Gasteiger partial charge in [-0.3, -0.25) is 13.8 Å². The zero-order valence-electron chi connectivity index (χ0n) is 13.9. The van der Waals surface area contributed by atoms with Crippen LogP contribution in [0.25, 0.3) is 0 Å². The van der Waals surface area contributed by atoms with Crippen LogP contribution in [-0.2, 0) is 28.6 Å². The quantitative estimate of drug-likeness (QED) is 0.220. The van der Waals surface area contributed by atoms with Crippen LogP contribution in [0.15, 0.2) is 0 Å². The zero-order valence-corrected chi connectivity index (χ0v) is 14.7. The number of cyclic esters (lactones) is 2. The Morgan fingerprint density at radius 2 is 1.48 bits per heavy atom. The standard InChI is InChI=1S/C16H28O6S/c1-2-3-4-5-6-7-8-9-10-11-12-21-23(19,20)14-13-15(17)22-16(14)18/h14H,2-13H2,1H3. The maximum Gasteiger partial charge on any atom is 0.335 e. The molecule has 23 heavy (non-hydrogen) atoms.